The number of carbonyl (C=O) groups is 2. The molecule has 0 aromatic heterocycles. The summed E-state index contributed by atoms with van der Waals surface area (Å²) in [6.45, 7) is 10.3. The Labute approximate surface area is 186 Å². The second kappa shape index (κ2) is 9.65. The quantitative estimate of drug-likeness (QED) is 0.613. The van der Waals surface area contributed by atoms with Gasteiger partial charge in [0.1, 0.15) is 6.10 Å². The molecule has 0 bridgehead atoms. The molecule has 7 heteroatoms. The number of hydrogen-bond donors (Lipinski definition) is 3. The van der Waals surface area contributed by atoms with Gasteiger partial charge in [-0.25, -0.2) is 4.79 Å². The highest BCUT2D eigenvalue weighted by molar-refractivity contribution is 5.76. The number of aliphatic hydroxyl groups is 2. The van der Waals surface area contributed by atoms with Crippen LogP contribution in [0.1, 0.15) is 72.6 Å². The van der Waals surface area contributed by atoms with Crippen molar-refractivity contribution in [1.29, 1.82) is 0 Å². The van der Waals surface area contributed by atoms with Gasteiger partial charge in [-0.1, -0.05) is 20.8 Å². The maximum Gasteiger partial charge on any atom is 0.407 e. The van der Waals surface area contributed by atoms with Crippen molar-refractivity contribution in [2.24, 2.45) is 28.6 Å². The highest BCUT2D eigenvalue weighted by atomic mass is 16.6. The van der Waals surface area contributed by atoms with E-state index in [4.69, 9.17) is 4.74 Å². The van der Waals surface area contributed by atoms with E-state index in [2.05, 4.69) is 19.2 Å². The molecule has 0 spiro atoms. The van der Waals surface area contributed by atoms with Crippen LogP contribution in [0.15, 0.2) is 0 Å². The van der Waals surface area contributed by atoms with Crippen molar-refractivity contribution in [1.82, 2.24) is 10.2 Å². The Kier molecular flexibility index (Phi) is 7.57. The first-order chi connectivity index (χ1) is 14.7. The van der Waals surface area contributed by atoms with Crippen LogP contribution in [0, 0.1) is 28.6 Å². The number of alkyl carbamates (subject to hydrolysis) is 1. The fourth-order valence-corrected chi connectivity index (χ4v) is 6.67. The lowest BCUT2D eigenvalue weighted by Gasteiger charge is -2.60. The molecule has 6 atom stereocenters. The van der Waals surface area contributed by atoms with Crippen molar-refractivity contribution < 1.29 is 24.5 Å². The summed E-state index contributed by atoms with van der Waals surface area (Å²) in [5, 5.41) is 24.1. The summed E-state index contributed by atoms with van der Waals surface area (Å²) in [6, 6.07) is 0. The highest BCUT2D eigenvalue weighted by Gasteiger charge is 2.60. The predicted octanol–water partition coefficient (Wildman–Crippen LogP) is 2.94. The fraction of sp³-hybridized carbons (Fsp3) is 0.917. The first-order valence-electron chi connectivity index (χ1n) is 12.2. The standard InChI is InChI=1S/C24H42N2O5/c1-5-25-22(30)31-20-8-11-23(3)17(14-21(29)26-12-9-16(2)10-13-26)18(28)6-7-19(23)24(20,4)15-27/h16-20,27-28H,5-15H2,1-4H3,(H,25,30)/t17-,18-,19+,20-,23+,24+/m1/s1. The molecule has 2 saturated carbocycles. The molecule has 3 aliphatic rings. The van der Waals surface area contributed by atoms with E-state index in [0.29, 0.717) is 31.7 Å². The van der Waals surface area contributed by atoms with Gasteiger partial charge in [-0.2, -0.15) is 0 Å². The smallest absolute Gasteiger partial charge is 0.407 e. The molecule has 3 N–H and O–H groups in total. The first-order valence-corrected chi connectivity index (χ1v) is 12.2. The van der Waals surface area contributed by atoms with Crippen LogP contribution < -0.4 is 5.32 Å². The topological polar surface area (TPSA) is 99.1 Å². The van der Waals surface area contributed by atoms with Crippen LogP contribution in [0.5, 0.6) is 0 Å². The Balaban J connectivity index is 1.78. The molecule has 0 aromatic carbocycles. The number of likely N-dealkylation sites (tertiary alicyclic amines) is 1. The third kappa shape index (κ3) is 4.72. The first kappa shape index (κ1) is 24.3. The third-order valence-electron chi connectivity index (χ3n) is 8.78. The Morgan fingerprint density at radius 2 is 1.81 bits per heavy atom. The number of piperidine rings is 1. The number of ether oxygens (including phenoxy) is 1. The molecule has 3 rings (SSSR count). The highest BCUT2D eigenvalue weighted by Crippen LogP contribution is 2.61. The summed E-state index contributed by atoms with van der Waals surface area (Å²) >= 11 is 0. The average molecular weight is 439 g/mol. The zero-order chi connectivity index (χ0) is 22.8. The second-order valence-corrected chi connectivity index (χ2v) is 10.7. The number of fused-ring (bicyclic) bond motifs is 1. The number of nitrogens with zero attached hydrogens (tertiary/aromatic N) is 1. The Bertz CT molecular complexity index is 650. The Morgan fingerprint density at radius 1 is 1.13 bits per heavy atom. The summed E-state index contributed by atoms with van der Waals surface area (Å²) in [5.74, 6) is 0.732. The fourth-order valence-electron chi connectivity index (χ4n) is 6.67. The number of hydrogen-bond acceptors (Lipinski definition) is 5. The third-order valence-corrected chi connectivity index (χ3v) is 8.78. The lowest BCUT2D eigenvalue weighted by atomic mass is 9.46. The molecule has 3 fully saturated rings. The van der Waals surface area contributed by atoms with E-state index in [-0.39, 0.29) is 35.9 Å². The summed E-state index contributed by atoms with van der Waals surface area (Å²) in [7, 11) is 0. The predicted molar refractivity (Wildman–Crippen MR) is 118 cm³/mol. The van der Waals surface area contributed by atoms with Crippen molar-refractivity contribution in [3.8, 4) is 0 Å². The lowest BCUT2D eigenvalue weighted by Crippen LogP contribution is -2.61. The summed E-state index contributed by atoms with van der Waals surface area (Å²) < 4.78 is 5.73. The number of carbonyl (C=O) groups excluding carboxylic acids is 2. The van der Waals surface area contributed by atoms with E-state index in [1.165, 1.54) is 0 Å². The minimum absolute atomic E-state index is 0.0701. The number of aliphatic hydroxyl groups excluding tert-OH is 2. The van der Waals surface area contributed by atoms with Gasteiger partial charge in [0.15, 0.2) is 0 Å². The maximum atomic E-state index is 13.1. The molecule has 1 aliphatic heterocycles. The number of nitrogens with one attached hydrogen (secondary N) is 1. The molecular formula is C24H42N2O5. The van der Waals surface area contributed by atoms with Crippen LogP contribution >= 0.6 is 0 Å². The molecule has 1 heterocycles. The summed E-state index contributed by atoms with van der Waals surface area (Å²) in [6.07, 6.45) is 3.86. The van der Waals surface area contributed by atoms with Gasteiger partial charge in [0.25, 0.3) is 0 Å². The Hall–Kier alpha value is -1.34. The molecule has 0 aromatic rings. The van der Waals surface area contributed by atoms with Crippen molar-refractivity contribution in [3.05, 3.63) is 0 Å². The molecule has 7 nitrogen and oxygen atoms in total. The van der Waals surface area contributed by atoms with Crippen molar-refractivity contribution in [3.63, 3.8) is 0 Å². The lowest BCUT2D eigenvalue weighted by molar-refractivity contribution is -0.187. The monoisotopic (exact) mass is 438 g/mol. The van der Waals surface area contributed by atoms with E-state index in [9.17, 15) is 19.8 Å². The van der Waals surface area contributed by atoms with Crippen LogP contribution in [0.3, 0.4) is 0 Å². The number of rotatable bonds is 5. The minimum atomic E-state index is -0.597. The van der Waals surface area contributed by atoms with Gasteiger partial charge in [-0.3, -0.25) is 4.79 Å². The van der Waals surface area contributed by atoms with Crippen molar-refractivity contribution in [2.75, 3.05) is 26.2 Å². The minimum Gasteiger partial charge on any atom is -0.446 e. The molecule has 1 saturated heterocycles. The molecule has 0 radical (unpaired) electrons. The zero-order valence-electron chi connectivity index (χ0n) is 19.7. The Morgan fingerprint density at radius 3 is 2.42 bits per heavy atom. The molecule has 2 amide bonds. The second-order valence-electron chi connectivity index (χ2n) is 10.7. The van der Waals surface area contributed by atoms with Crippen molar-refractivity contribution >= 4 is 12.0 Å². The normalized spacial score (nSPS) is 39.0. The van der Waals surface area contributed by atoms with Gasteiger partial charge in [-0.05, 0) is 68.6 Å². The van der Waals surface area contributed by atoms with Crippen molar-refractivity contribution in [2.45, 2.75) is 84.8 Å². The van der Waals surface area contributed by atoms with Crippen LogP contribution in [0.4, 0.5) is 4.79 Å². The average Bonchev–Trinajstić information content (AvgIpc) is 2.73. The molecule has 31 heavy (non-hydrogen) atoms. The van der Waals surface area contributed by atoms with E-state index in [1.807, 2.05) is 18.7 Å². The van der Waals surface area contributed by atoms with Gasteiger partial charge < -0.3 is 25.2 Å². The number of amides is 2. The van der Waals surface area contributed by atoms with E-state index < -0.39 is 17.6 Å². The van der Waals surface area contributed by atoms with Crippen LogP contribution in [0.25, 0.3) is 0 Å². The summed E-state index contributed by atoms with van der Waals surface area (Å²) in [5.41, 5.74) is -0.880. The van der Waals surface area contributed by atoms with Gasteiger partial charge in [0.2, 0.25) is 5.91 Å². The molecule has 2 aliphatic carbocycles. The van der Waals surface area contributed by atoms with Crippen LogP contribution in [-0.2, 0) is 9.53 Å². The SMILES string of the molecule is CCNC(=O)O[C@@H]1CC[C@]2(C)[C@H](CC[C@@H](O)[C@H]2CC(=O)N2CCC(C)CC2)[C@]1(C)CO. The maximum absolute atomic E-state index is 13.1. The van der Waals surface area contributed by atoms with E-state index >= 15 is 0 Å². The van der Waals surface area contributed by atoms with Crippen LogP contribution in [-0.4, -0.2) is 65.6 Å². The van der Waals surface area contributed by atoms with Gasteiger partial charge >= 0.3 is 6.09 Å². The van der Waals surface area contributed by atoms with E-state index in [0.717, 1.165) is 38.8 Å². The largest absolute Gasteiger partial charge is 0.446 e. The molecular weight excluding hydrogens is 396 g/mol. The zero-order valence-corrected chi connectivity index (χ0v) is 19.7. The molecule has 178 valence electrons. The van der Waals surface area contributed by atoms with E-state index in [1.54, 1.807) is 0 Å². The van der Waals surface area contributed by atoms with Gasteiger partial charge in [0.05, 0.1) is 12.7 Å². The van der Waals surface area contributed by atoms with Gasteiger partial charge in [-0.15, -0.1) is 0 Å². The van der Waals surface area contributed by atoms with Crippen LogP contribution in [0.2, 0.25) is 0 Å². The summed E-state index contributed by atoms with van der Waals surface area (Å²) in [4.78, 5) is 27.2. The molecule has 0 unspecified atom stereocenters. The van der Waals surface area contributed by atoms with Gasteiger partial charge in [0, 0.05) is 31.5 Å².